The zero-order chi connectivity index (χ0) is 18.2. The van der Waals surface area contributed by atoms with Crippen LogP contribution in [0.2, 0.25) is 10.0 Å². The topological polar surface area (TPSA) is 44.4 Å². The van der Waals surface area contributed by atoms with Crippen LogP contribution in [0, 0.1) is 5.92 Å². The van der Waals surface area contributed by atoms with Crippen LogP contribution in [-0.4, -0.2) is 44.2 Å². The Balaban J connectivity index is 1.74. The van der Waals surface area contributed by atoms with Gasteiger partial charge in [0.2, 0.25) is 0 Å². The first-order chi connectivity index (χ1) is 12.0. The molecule has 0 spiro atoms. The minimum atomic E-state index is -0.0951. The summed E-state index contributed by atoms with van der Waals surface area (Å²) in [5, 5.41) is 6.86. The summed E-state index contributed by atoms with van der Waals surface area (Å²) in [5.74, 6) is 0.575. The monoisotopic (exact) mass is 383 g/mol. The molecule has 0 aromatic heterocycles. The van der Waals surface area contributed by atoms with Gasteiger partial charge in [0, 0.05) is 30.2 Å². The first kappa shape index (κ1) is 20.1. The van der Waals surface area contributed by atoms with Crippen molar-refractivity contribution in [1.29, 1.82) is 0 Å². The van der Waals surface area contributed by atoms with Gasteiger partial charge < -0.3 is 10.6 Å². The van der Waals surface area contributed by atoms with E-state index < -0.39 is 0 Å². The van der Waals surface area contributed by atoms with Crippen LogP contribution in [-0.2, 0) is 6.42 Å². The third-order valence-electron chi connectivity index (χ3n) is 4.57. The third-order valence-corrected chi connectivity index (χ3v) is 5.00. The number of carbonyl (C=O) groups excluding carboxylic acids is 1. The molecular weight excluding hydrogens is 357 g/mol. The standard InChI is InChI=1S/C19H27Cl2N3O/c1-14(3-4-16-9-17(20)11-18(21)10-16)13-24-7-5-15(6-8-24)12-23-19(25)22-2/h3,9-11,15H,4-8,12-13H2,1-2H3,(H2,22,23,25)/b14-3+. The second-order valence-electron chi connectivity index (χ2n) is 6.71. The molecule has 1 fully saturated rings. The van der Waals surface area contributed by atoms with Crippen LogP contribution in [0.4, 0.5) is 4.79 Å². The molecule has 6 heteroatoms. The predicted octanol–water partition coefficient (Wildman–Crippen LogP) is 4.12. The Kier molecular flexibility index (Phi) is 8.07. The van der Waals surface area contributed by atoms with Gasteiger partial charge in [-0.2, -0.15) is 0 Å². The van der Waals surface area contributed by atoms with Crippen molar-refractivity contribution in [1.82, 2.24) is 15.5 Å². The lowest BCUT2D eigenvalue weighted by atomic mass is 9.96. The molecule has 1 aliphatic heterocycles. The van der Waals surface area contributed by atoms with Gasteiger partial charge in [-0.3, -0.25) is 4.90 Å². The second-order valence-corrected chi connectivity index (χ2v) is 7.58. The van der Waals surface area contributed by atoms with E-state index in [1.807, 2.05) is 12.1 Å². The number of urea groups is 1. The first-order valence-corrected chi connectivity index (χ1v) is 9.50. The van der Waals surface area contributed by atoms with Crippen molar-refractivity contribution in [2.45, 2.75) is 26.2 Å². The Morgan fingerprint density at radius 3 is 2.48 bits per heavy atom. The fourth-order valence-corrected chi connectivity index (χ4v) is 3.68. The van der Waals surface area contributed by atoms with Crippen molar-refractivity contribution in [3.8, 4) is 0 Å². The van der Waals surface area contributed by atoms with Gasteiger partial charge in [0.15, 0.2) is 0 Å². The van der Waals surface area contributed by atoms with Gasteiger partial charge >= 0.3 is 6.03 Å². The van der Waals surface area contributed by atoms with E-state index >= 15 is 0 Å². The fraction of sp³-hybridized carbons (Fsp3) is 0.526. The number of piperidine rings is 1. The lowest BCUT2D eigenvalue weighted by molar-refractivity contribution is 0.193. The Labute approximate surface area is 160 Å². The molecule has 138 valence electrons. The molecule has 1 saturated heterocycles. The quantitative estimate of drug-likeness (QED) is 0.725. The molecule has 0 radical (unpaired) electrons. The van der Waals surface area contributed by atoms with E-state index in [4.69, 9.17) is 23.2 Å². The second kappa shape index (κ2) is 10.0. The van der Waals surface area contributed by atoms with Crippen LogP contribution in [0.3, 0.4) is 0 Å². The minimum absolute atomic E-state index is 0.0951. The number of allylic oxidation sites excluding steroid dienone is 1. The van der Waals surface area contributed by atoms with Crippen molar-refractivity contribution in [2.75, 3.05) is 33.2 Å². The van der Waals surface area contributed by atoms with E-state index in [-0.39, 0.29) is 6.03 Å². The fourth-order valence-electron chi connectivity index (χ4n) is 3.11. The maximum Gasteiger partial charge on any atom is 0.314 e. The number of carbonyl (C=O) groups is 1. The highest BCUT2D eigenvalue weighted by atomic mass is 35.5. The number of likely N-dealkylation sites (tertiary alicyclic amines) is 1. The van der Waals surface area contributed by atoms with Gasteiger partial charge in [0.05, 0.1) is 0 Å². The van der Waals surface area contributed by atoms with Gasteiger partial charge in [-0.1, -0.05) is 34.9 Å². The Hall–Kier alpha value is -1.23. The van der Waals surface area contributed by atoms with E-state index in [9.17, 15) is 4.79 Å². The maximum absolute atomic E-state index is 11.2. The number of nitrogens with zero attached hydrogens (tertiary/aromatic N) is 1. The average Bonchev–Trinajstić information content (AvgIpc) is 2.58. The predicted molar refractivity (Wildman–Crippen MR) is 106 cm³/mol. The van der Waals surface area contributed by atoms with Crippen LogP contribution in [0.25, 0.3) is 0 Å². The Morgan fingerprint density at radius 2 is 1.88 bits per heavy atom. The normalized spacial score (nSPS) is 16.7. The molecule has 0 bridgehead atoms. The van der Waals surface area contributed by atoms with Crippen LogP contribution < -0.4 is 10.6 Å². The summed E-state index contributed by atoms with van der Waals surface area (Å²) >= 11 is 12.1. The number of benzene rings is 1. The van der Waals surface area contributed by atoms with E-state index in [1.165, 1.54) is 5.57 Å². The highest BCUT2D eigenvalue weighted by Gasteiger charge is 2.19. The number of nitrogens with one attached hydrogen (secondary N) is 2. The van der Waals surface area contributed by atoms with E-state index in [0.29, 0.717) is 16.0 Å². The summed E-state index contributed by atoms with van der Waals surface area (Å²) in [6, 6.07) is 5.58. The molecule has 0 saturated carbocycles. The Morgan fingerprint density at radius 1 is 1.24 bits per heavy atom. The number of halogens is 2. The van der Waals surface area contributed by atoms with Crippen LogP contribution in [0.1, 0.15) is 25.3 Å². The third kappa shape index (κ3) is 7.27. The SMILES string of the molecule is CNC(=O)NCC1CCN(C/C(C)=C/Cc2cc(Cl)cc(Cl)c2)CC1. The Bertz CT molecular complexity index is 590. The van der Waals surface area contributed by atoms with Gasteiger partial charge in [-0.25, -0.2) is 4.79 Å². The molecular formula is C19H27Cl2N3O. The van der Waals surface area contributed by atoms with E-state index in [1.54, 1.807) is 13.1 Å². The lowest BCUT2D eigenvalue weighted by Crippen LogP contribution is -2.41. The van der Waals surface area contributed by atoms with Crippen molar-refractivity contribution >= 4 is 29.2 Å². The van der Waals surface area contributed by atoms with Gasteiger partial charge in [0.25, 0.3) is 0 Å². The molecule has 2 amide bonds. The molecule has 4 nitrogen and oxygen atoms in total. The summed E-state index contributed by atoms with van der Waals surface area (Å²) < 4.78 is 0. The van der Waals surface area contributed by atoms with E-state index in [2.05, 4.69) is 28.5 Å². The number of rotatable bonds is 6. The highest BCUT2D eigenvalue weighted by Crippen LogP contribution is 2.20. The first-order valence-electron chi connectivity index (χ1n) is 8.75. The van der Waals surface area contributed by atoms with Crippen LogP contribution >= 0.6 is 23.2 Å². The van der Waals surface area contributed by atoms with Crippen molar-refractivity contribution in [2.24, 2.45) is 5.92 Å². The molecule has 1 aliphatic rings. The lowest BCUT2D eigenvalue weighted by Gasteiger charge is -2.32. The molecule has 0 unspecified atom stereocenters. The number of amides is 2. The minimum Gasteiger partial charge on any atom is -0.341 e. The summed E-state index contributed by atoms with van der Waals surface area (Å²) in [7, 11) is 1.64. The zero-order valence-electron chi connectivity index (χ0n) is 14.9. The van der Waals surface area contributed by atoms with Gasteiger partial charge in [-0.05, 0) is 69.0 Å². The molecule has 2 rings (SSSR count). The highest BCUT2D eigenvalue weighted by molar-refractivity contribution is 6.34. The molecule has 2 N–H and O–H groups in total. The zero-order valence-corrected chi connectivity index (χ0v) is 16.5. The summed E-state index contributed by atoms with van der Waals surface area (Å²) in [4.78, 5) is 13.7. The molecule has 0 atom stereocenters. The number of hydrogen-bond donors (Lipinski definition) is 2. The van der Waals surface area contributed by atoms with Gasteiger partial charge in [-0.15, -0.1) is 0 Å². The van der Waals surface area contributed by atoms with Crippen LogP contribution in [0.15, 0.2) is 29.8 Å². The van der Waals surface area contributed by atoms with Crippen molar-refractivity contribution < 1.29 is 4.79 Å². The maximum atomic E-state index is 11.2. The summed E-state index contributed by atoms with van der Waals surface area (Å²) in [5.41, 5.74) is 2.49. The molecule has 25 heavy (non-hydrogen) atoms. The molecule has 1 aromatic rings. The molecule has 1 heterocycles. The van der Waals surface area contributed by atoms with Crippen molar-refractivity contribution in [3.63, 3.8) is 0 Å². The number of hydrogen-bond acceptors (Lipinski definition) is 2. The summed E-state index contributed by atoms with van der Waals surface area (Å²) in [6.07, 6.45) is 5.35. The largest absolute Gasteiger partial charge is 0.341 e. The smallest absolute Gasteiger partial charge is 0.314 e. The van der Waals surface area contributed by atoms with Gasteiger partial charge in [0.1, 0.15) is 0 Å². The average molecular weight is 384 g/mol. The van der Waals surface area contributed by atoms with Crippen LogP contribution in [0.5, 0.6) is 0 Å². The molecule has 0 aliphatic carbocycles. The molecule has 1 aromatic carbocycles. The van der Waals surface area contributed by atoms with Crippen molar-refractivity contribution in [3.05, 3.63) is 45.5 Å². The summed E-state index contributed by atoms with van der Waals surface area (Å²) in [6.45, 7) is 6.08. The van der Waals surface area contributed by atoms with E-state index in [0.717, 1.165) is 51.0 Å².